The van der Waals surface area contributed by atoms with Gasteiger partial charge in [0.2, 0.25) is 0 Å². The molecule has 1 rings (SSSR count). The summed E-state index contributed by atoms with van der Waals surface area (Å²) >= 11 is 0. The highest BCUT2D eigenvalue weighted by atomic mass is 16.5. The lowest BCUT2D eigenvalue weighted by molar-refractivity contribution is -0.142. The van der Waals surface area contributed by atoms with Crippen LogP contribution in [-0.4, -0.2) is 12.1 Å². The maximum absolute atomic E-state index is 10.7. The molecule has 0 heterocycles. The Morgan fingerprint density at radius 3 is 2.67 bits per heavy atom. The van der Waals surface area contributed by atoms with Crippen molar-refractivity contribution in [2.45, 2.75) is 13.0 Å². The maximum Gasteiger partial charge on any atom is 0.304 e. The van der Waals surface area contributed by atoms with Crippen molar-refractivity contribution in [1.29, 1.82) is 0 Å². The minimum atomic E-state index is -0.539. The van der Waals surface area contributed by atoms with Gasteiger partial charge >= 0.3 is 5.97 Å². The van der Waals surface area contributed by atoms with E-state index in [1.165, 1.54) is 13.0 Å². The molecular formula is C13H12O2. The molecule has 0 amide bonds. The molecule has 0 aromatic heterocycles. The van der Waals surface area contributed by atoms with Gasteiger partial charge in [-0.15, -0.1) is 0 Å². The van der Waals surface area contributed by atoms with Gasteiger partial charge in [0, 0.05) is 12.5 Å². The van der Waals surface area contributed by atoms with Crippen LogP contribution in [-0.2, 0) is 9.53 Å². The Hall–Kier alpha value is -2.01. The van der Waals surface area contributed by atoms with Crippen LogP contribution >= 0.6 is 0 Å². The molecule has 0 saturated carbocycles. The van der Waals surface area contributed by atoms with Crippen molar-refractivity contribution >= 4 is 5.97 Å². The monoisotopic (exact) mass is 200 g/mol. The molecule has 0 N–H and O–H groups in total. The molecule has 1 aromatic rings. The Bertz CT molecular complexity index is 396. The van der Waals surface area contributed by atoms with E-state index in [-0.39, 0.29) is 5.97 Å². The number of ether oxygens (including phenoxy) is 1. The van der Waals surface area contributed by atoms with Gasteiger partial charge in [-0.25, -0.2) is 0 Å². The van der Waals surface area contributed by atoms with E-state index in [9.17, 15) is 4.79 Å². The molecule has 76 valence electrons. The first-order valence-corrected chi connectivity index (χ1v) is 4.58. The largest absolute Gasteiger partial charge is 0.445 e. The van der Waals surface area contributed by atoms with E-state index >= 15 is 0 Å². The topological polar surface area (TPSA) is 26.3 Å². The Kier molecular flexibility index (Phi) is 4.18. The predicted octanol–water partition coefficient (Wildman–Crippen LogP) is 2.16. The maximum atomic E-state index is 10.7. The summed E-state index contributed by atoms with van der Waals surface area (Å²) < 4.78 is 4.89. The fourth-order valence-electron chi connectivity index (χ4n) is 0.991. The standard InChI is InChI=1S/C13H12O2/c1-3-13(15-11(2)14)10-9-12-7-5-4-6-8-12/h3-8,13H,1H2,2H3. The number of carbonyl (C=O) groups excluding carboxylic acids is 1. The Morgan fingerprint density at radius 1 is 1.47 bits per heavy atom. The smallest absolute Gasteiger partial charge is 0.304 e. The molecule has 0 aliphatic heterocycles. The van der Waals surface area contributed by atoms with Gasteiger partial charge in [0.15, 0.2) is 6.10 Å². The van der Waals surface area contributed by atoms with Gasteiger partial charge < -0.3 is 4.74 Å². The van der Waals surface area contributed by atoms with Crippen LogP contribution in [0.4, 0.5) is 0 Å². The first-order chi connectivity index (χ1) is 7.22. The second kappa shape index (κ2) is 5.66. The minimum absolute atomic E-state index is 0.359. The number of benzene rings is 1. The van der Waals surface area contributed by atoms with Gasteiger partial charge in [-0.05, 0) is 24.1 Å². The van der Waals surface area contributed by atoms with Gasteiger partial charge in [0.05, 0.1) is 0 Å². The summed E-state index contributed by atoms with van der Waals surface area (Å²) in [7, 11) is 0. The number of rotatable bonds is 2. The highest BCUT2D eigenvalue weighted by Gasteiger charge is 2.01. The van der Waals surface area contributed by atoms with E-state index in [0.29, 0.717) is 0 Å². The van der Waals surface area contributed by atoms with Gasteiger partial charge in [-0.2, -0.15) is 0 Å². The molecule has 1 aromatic carbocycles. The highest BCUT2D eigenvalue weighted by molar-refractivity contribution is 5.66. The molecule has 1 atom stereocenters. The van der Waals surface area contributed by atoms with Gasteiger partial charge in [-0.1, -0.05) is 30.7 Å². The average Bonchev–Trinajstić information content (AvgIpc) is 2.25. The normalized spacial score (nSPS) is 10.7. The second-order valence-electron chi connectivity index (χ2n) is 2.90. The molecule has 0 spiro atoms. The summed E-state index contributed by atoms with van der Waals surface area (Å²) in [5.41, 5.74) is 0.886. The summed E-state index contributed by atoms with van der Waals surface area (Å²) in [6, 6.07) is 9.50. The van der Waals surface area contributed by atoms with E-state index < -0.39 is 6.10 Å². The van der Waals surface area contributed by atoms with E-state index in [1.807, 2.05) is 30.3 Å². The number of hydrogen-bond acceptors (Lipinski definition) is 2. The minimum Gasteiger partial charge on any atom is -0.445 e. The highest BCUT2D eigenvalue weighted by Crippen LogP contribution is 1.97. The van der Waals surface area contributed by atoms with Crippen LogP contribution in [0, 0.1) is 11.8 Å². The van der Waals surface area contributed by atoms with E-state index in [4.69, 9.17) is 4.74 Å². The molecular weight excluding hydrogens is 188 g/mol. The van der Waals surface area contributed by atoms with Gasteiger partial charge in [0.25, 0.3) is 0 Å². The Labute approximate surface area is 89.6 Å². The summed E-state index contributed by atoms with van der Waals surface area (Å²) in [6.07, 6.45) is 0.958. The lowest BCUT2D eigenvalue weighted by Gasteiger charge is -2.03. The third-order valence-corrected chi connectivity index (χ3v) is 1.64. The quantitative estimate of drug-likeness (QED) is 0.415. The zero-order valence-electron chi connectivity index (χ0n) is 8.57. The first-order valence-electron chi connectivity index (χ1n) is 4.58. The van der Waals surface area contributed by atoms with Crippen LogP contribution in [0.15, 0.2) is 43.0 Å². The molecule has 2 nitrogen and oxygen atoms in total. The summed E-state index contributed by atoms with van der Waals surface area (Å²) in [6.45, 7) is 4.89. The van der Waals surface area contributed by atoms with E-state index in [1.54, 1.807) is 0 Å². The third-order valence-electron chi connectivity index (χ3n) is 1.64. The molecule has 0 aliphatic rings. The Balaban J connectivity index is 2.71. The Morgan fingerprint density at radius 2 is 2.13 bits per heavy atom. The van der Waals surface area contributed by atoms with Crippen molar-refractivity contribution in [3.05, 3.63) is 48.6 Å². The van der Waals surface area contributed by atoms with E-state index in [2.05, 4.69) is 18.4 Å². The van der Waals surface area contributed by atoms with Crippen molar-refractivity contribution < 1.29 is 9.53 Å². The molecule has 0 aliphatic carbocycles. The van der Waals surface area contributed by atoms with Crippen LogP contribution < -0.4 is 0 Å². The number of esters is 1. The van der Waals surface area contributed by atoms with Crippen LogP contribution in [0.25, 0.3) is 0 Å². The molecule has 1 unspecified atom stereocenters. The van der Waals surface area contributed by atoms with Crippen LogP contribution in [0.1, 0.15) is 12.5 Å². The fourth-order valence-corrected chi connectivity index (χ4v) is 0.991. The van der Waals surface area contributed by atoms with Gasteiger partial charge in [0.1, 0.15) is 0 Å². The van der Waals surface area contributed by atoms with Crippen LogP contribution in [0.5, 0.6) is 0 Å². The second-order valence-corrected chi connectivity index (χ2v) is 2.90. The molecule has 0 saturated heterocycles. The third kappa shape index (κ3) is 4.15. The SMILES string of the molecule is C=CC(C#Cc1ccccc1)OC(C)=O. The summed E-state index contributed by atoms with van der Waals surface area (Å²) in [5, 5.41) is 0. The van der Waals surface area contributed by atoms with Crippen molar-refractivity contribution in [1.82, 2.24) is 0 Å². The van der Waals surface area contributed by atoms with Crippen LogP contribution in [0.2, 0.25) is 0 Å². The van der Waals surface area contributed by atoms with Crippen molar-refractivity contribution in [3.8, 4) is 11.8 Å². The van der Waals surface area contributed by atoms with Crippen molar-refractivity contribution in [2.75, 3.05) is 0 Å². The molecule has 0 fully saturated rings. The lowest BCUT2D eigenvalue weighted by atomic mass is 10.2. The molecule has 0 radical (unpaired) electrons. The van der Waals surface area contributed by atoms with Crippen molar-refractivity contribution in [2.24, 2.45) is 0 Å². The molecule has 15 heavy (non-hydrogen) atoms. The summed E-state index contributed by atoms with van der Waals surface area (Å²) in [4.78, 5) is 10.7. The molecule has 0 bridgehead atoms. The average molecular weight is 200 g/mol. The zero-order valence-corrected chi connectivity index (χ0v) is 8.57. The van der Waals surface area contributed by atoms with E-state index in [0.717, 1.165) is 5.56 Å². The molecule has 2 heteroatoms. The zero-order chi connectivity index (χ0) is 11.1. The van der Waals surface area contributed by atoms with Gasteiger partial charge in [-0.3, -0.25) is 4.79 Å². The lowest BCUT2D eigenvalue weighted by Crippen LogP contribution is -2.10. The number of carbonyl (C=O) groups is 1. The van der Waals surface area contributed by atoms with Crippen LogP contribution in [0.3, 0.4) is 0 Å². The summed E-state index contributed by atoms with van der Waals surface area (Å²) in [5.74, 6) is 5.35. The predicted molar refractivity (Wildman–Crippen MR) is 59.1 cm³/mol. The van der Waals surface area contributed by atoms with Crippen molar-refractivity contribution in [3.63, 3.8) is 0 Å². The fraction of sp³-hybridized carbons (Fsp3) is 0.154. The number of hydrogen-bond donors (Lipinski definition) is 0. The first kappa shape index (κ1) is 11.1.